The molecular formula is C30H44N2O2. The van der Waals surface area contributed by atoms with Crippen LogP contribution < -0.4 is 5.32 Å². The van der Waals surface area contributed by atoms with Gasteiger partial charge in [-0.3, -0.25) is 0 Å². The molecule has 186 valence electrons. The lowest BCUT2D eigenvalue weighted by Gasteiger charge is -2.31. The normalized spacial score (nSPS) is 15.3. The van der Waals surface area contributed by atoms with E-state index >= 15 is 0 Å². The summed E-state index contributed by atoms with van der Waals surface area (Å²) in [5, 5.41) is 14.2. The van der Waals surface area contributed by atoms with Gasteiger partial charge in [0.2, 0.25) is 0 Å². The molecule has 0 spiro atoms. The van der Waals surface area contributed by atoms with Crippen molar-refractivity contribution in [1.82, 2.24) is 4.90 Å². The Kier molecular flexibility index (Phi) is 8.00. The third kappa shape index (κ3) is 6.34. The highest BCUT2D eigenvalue weighted by Gasteiger charge is 2.27. The maximum atomic E-state index is 13.0. The van der Waals surface area contributed by atoms with Crippen molar-refractivity contribution in [2.24, 2.45) is 0 Å². The Morgan fingerprint density at radius 3 is 2.06 bits per heavy atom. The number of nitrogens with one attached hydrogen (secondary N) is 1. The number of amides is 2. The van der Waals surface area contributed by atoms with Crippen LogP contribution in [0.1, 0.15) is 95.9 Å². The fourth-order valence-corrected chi connectivity index (χ4v) is 4.96. The number of rotatable bonds is 5. The van der Waals surface area contributed by atoms with E-state index in [-0.39, 0.29) is 16.9 Å². The number of anilines is 1. The first-order valence-electron chi connectivity index (χ1n) is 12.9. The third-order valence-electron chi connectivity index (χ3n) is 7.17. The van der Waals surface area contributed by atoms with Crippen LogP contribution in [0.15, 0.2) is 36.4 Å². The fourth-order valence-electron chi connectivity index (χ4n) is 4.96. The maximum Gasteiger partial charge on any atom is 0.321 e. The van der Waals surface area contributed by atoms with Crippen LogP contribution in [0.2, 0.25) is 0 Å². The summed E-state index contributed by atoms with van der Waals surface area (Å²) in [6.45, 7) is 12.9. The molecule has 0 aliphatic heterocycles. The van der Waals surface area contributed by atoms with E-state index in [1.54, 1.807) is 0 Å². The van der Waals surface area contributed by atoms with E-state index in [2.05, 4.69) is 65.1 Å². The van der Waals surface area contributed by atoms with Gasteiger partial charge in [-0.1, -0.05) is 91.1 Å². The van der Waals surface area contributed by atoms with Gasteiger partial charge in [0.05, 0.1) is 0 Å². The lowest BCUT2D eigenvalue weighted by molar-refractivity contribution is 0.186. The van der Waals surface area contributed by atoms with Gasteiger partial charge in [0.1, 0.15) is 5.75 Å². The van der Waals surface area contributed by atoms with Crippen molar-refractivity contribution in [1.29, 1.82) is 0 Å². The Labute approximate surface area is 206 Å². The van der Waals surface area contributed by atoms with Crippen LogP contribution in [-0.2, 0) is 23.7 Å². The second kappa shape index (κ2) is 10.4. The SMILES string of the molecule is CN(C(=O)Nc1ccccc1CCc1cc(C(C)(C)C)c(O)c(C(C)(C)C)c1)C1CCCCC1. The van der Waals surface area contributed by atoms with E-state index < -0.39 is 0 Å². The van der Waals surface area contributed by atoms with Crippen molar-refractivity contribution >= 4 is 11.7 Å². The molecule has 0 heterocycles. The highest BCUT2D eigenvalue weighted by molar-refractivity contribution is 5.90. The molecule has 34 heavy (non-hydrogen) atoms. The van der Waals surface area contributed by atoms with Crippen LogP contribution in [0.4, 0.5) is 10.5 Å². The summed E-state index contributed by atoms with van der Waals surface area (Å²) in [6, 6.07) is 12.7. The lowest BCUT2D eigenvalue weighted by Crippen LogP contribution is -2.41. The Balaban J connectivity index is 1.79. The van der Waals surface area contributed by atoms with Crippen molar-refractivity contribution in [3.8, 4) is 5.75 Å². The predicted molar refractivity (Wildman–Crippen MR) is 143 cm³/mol. The van der Waals surface area contributed by atoms with Crippen molar-refractivity contribution in [2.75, 3.05) is 12.4 Å². The molecule has 0 unspecified atom stereocenters. The van der Waals surface area contributed by atoms with Gasteiger partial charge in [-0.05, 0) is 64.8 Å². The van der Waals surface area contributed by atoms with Gasteiger partial charge in [-0.2, -0.15) is 0 Å². The number of aryl methyl sites for hydroxylation is 2. The Hall–Kier alpha value is -2.49. The van der Waals surface area contributed by atoms with E-state index in [0.717, 1.165) is 48.1 Å². The Morgan fingerprint density at radius 2 is 1.50 bits per heavy atom. The molecule has 2 amide bonds. The Morgan fingerprint density at radius 1 is 0.941 bits per heavy atom. The van der Waals surface area contributed by atoms with Crippen LogP contribution in [-0.4, -0.2) is 29.1 Å². The first kappa shape index (κ1) is 26.1. The number of phenolic OH excluding ortho intramolecular Hbond substituents is 1. The lowest BCUT2D eigenvalue weighted by atomic mass is 9.78. The van der Waals surface area contributed by atoms with Gasteiger partial charge in [0.15, 0.2) is 0 Å². The summed E-state index contributed by atoms with van der Waals surface area (Å²) in [5.41, 5.74) is 4.94. The number of urea groups is 1. The smallest absolute Gasteiger partial charge is 0.321 e. The largest absolute Gasteiger partial charge is 0.507 e. The molecule has 4 heteroatoms. The van der Waals surface area contributed by atoms with Crippen molar-refractivity contribution in [3.05, 3.63) is 58.7 Å². The molecular weight excluding hydrogens is 420 g/mol. The van der Waals surface area contributed by atoms with Crippen molar-refractivity contribution < 1.29 is 9.90 Å². The van der Waals surface area contributed by atoms with Gasteiger partial charge < -0.3 is 15.3 Å². The molecule has 2 aromatic carbocycles. The fraction of sp³-hybridized carbons (Fsp3) is 0.567. The zero-order valence-electron chi connectivity index (χ0n) is 22.3. The summed E-state index contributed by atoms with van der Waals surface area (Å²) in [7, 11) is 1.92. The van der Waals surface area contributed by atoms with Gasteiger partial charge in [0.25, 0.3) is 0 Å². The minimum Gasteiger partial charge on any atom is -0.507 e. The van der Waals surface area contributed by atoms with Crippen LogP contribution in [0.5, 0.6) is 5.75 Å². The summed E-state index contributed by atoms with van der Waals surface area (Å²) in [4.78, 5) is 14.9. The van der Waals surface area contributed by atoms with Gasteiger partial charge >= 0.3 is 6.03 Å². The molecule has 2 aromatic rings. The quantitative estimate of drug-likeness (QED) is 0.479. The monoisotopic (exact) mass is 464 g/mol. The average Bonchev–Trinajstić information content (AvgIpc) is 2.77. The second-order valence-corrected chi connectivity index (χ2v) is 12.0. The number of phenols is 1. The number of hydrogen-bond donors (Lipinski definition) is 2. The third-order valence-corrected chi connectivity index (χ3v) is 7.17. The van der Waals surface area contributed by atoms with Crippen molar-refractivity contribution in [3.63, 3.8) is 0 Å². The molecule has 4 nitrogen and oxygen atoms in total. The maximum absolute atomic E-state index is 13.0. The number of aromatic hydroxyl groups is 1. The first-order valence-corrected chi connectivity index (χ1v) is 12.9. The molecule has 2 N–H and O–H groups in total. The molecule has 0 bridgehead atoms. The zero-order valence-corrected chi connectivity index (χ0v) is 22.3. The minimum absolute atomic E-state index is 0.0194. The number of hydrogen-bond acceptors (Lipinski definition) is 2. The molecule has 1 aliphatic carbocycles. The van der Waals surface area contributed by atoms with Gasteiger partial charge in [-0.25, -0.2) is 4.79 Å². The number of nitrogens with zero attached hydrogens (tertiary/aromatic N) is 1. The van der Waals surface area contributed by atoms with Crippen LogP contribution in [0.25, 0.3) is 0 Å². The topological polar surface area (TPSA) is 52.6 Å². The number of benzene rings is 2. The number of carbonyl (C=O) groups is 1. The molecule has 1 fully saturated rings. The second-order valence-electron chi connectivity index (χ2n) is 12.0. The van der Waals surface area contributed by atoms with Crippen LogP contribution >= 0.6 is 0 Å². The summed E-state index contributed by atoms with van der Waals surface area (Å²) in [6.07, 6.45) is 7.55. The van der Waals surface area contributed by atoms with E-state index in [1.807, 2.05) is 30.1 Å². The van der Waals surface area contributed by atoms with E-state index in [9.17, 15) is 9.90 Å². The van der Waals surface area contributed by atoms with E-state index in [4.69, 9.17) is 0 Å². The molecule has 1 aliphatic rings. The summed E-state index contributed by atoms with van der Waals surface area (Å²) in [5.74, 6) is 0.419. The summed E-state index contributed by atoms with van der Waals surface area (Å²) >= 11 is 0. The average molecular weight is 465 g/mol. The highest BCUT2D eigenvalue weighted by atomic mass is 16.3. The molecule has 0 saturated heterocycles. The van der Waals surface area contributed by atoms with Gasteiger partial charge in [0, 0.05) is 18.8 Å². The molecule has 3 rings (SSSR count). The van der Waals surface area contributed by atoms with Crippen LogP contribution in [0.3, 0.4) is 0 Å². The Bertz CT molecular complexity index is 957. The summed E-state index contributed by atoms with van der Waals surface area (Å²) < 4.78 is 0. The highest BCUT2D eigenvalue weighted by Crippen LogP contribution is 2.40. The van der Waals surface area contributed by atoms with E-state index in [0.29, 0.717) is 11.8 Å². The zero-order chi connectivity index (χ0) is 25.1. The first-order chi connectivity index (χ1) is 15.9. The van der Waals surface area contributed by atoms with Crippen LogP contribution in [0, 0.1) is 0 Å². The molecule has 1 saturated carbocycles. The molecule has 0 radical (unpaired) electrons. The predicted octanol–water partition coefficient (Wildman–Crippen LogP) is 7.57. The standard InChI is InChI=1S/C30H44N2O2/c1-29(2,3)24-19-21(20-25(27(24)33)30(4,5)6)17-18-22-13-11-12-16-26(22)31-28(34)32(7)23-14-9-8-10-15-23/h11-13,16,19-20,23,33H,8-10,14-15,17-18H2,1-7H3,(H,31,34). The molecule has 0 aromatic heterocycles. The number of carbonyl (C=O) groups excluding carboxylic acids is 1. The number of para-hydroxylation sites is 1. The van der Waals surface area contributed by atoms with Crippen molar-refractivity contribution in [2.45, 2.75) is 103 Å². The minimum atomic E-state index is -0.143. The van der Waals surface area contributed by atoms with E-state index in [1.165, 1.54) is 24.8 Å². The molecule has 0 atom stereocenters. The van der Waals surface area contributed by atoms with Gasteiger partial charge in [-0.15, -0.1) is 0 Å².